The van der Waals surface area contributed by atoms with Crippen molar-refractivity contribution < 1.29 is 4.74 Å². The predicted octanol–water partition coefficient (Wildman–Crippen LogP) is 2.02. The SMILES string of the molecule is CCC1COC(C)CN1CC1(C)CCCCN1. The molecule has 0 radical (unpaired) electrons. The molecule has 0 amide bonds. The number of piperidine rings is 1. The van der Waals surface area contributed by atoms with E-state index in [2.05, 4.69) is 31.0 Å². The standard InChI is InChI=1S/C14H28N2O/c1-4-13-10-17-12(2)9-16(13)11-14(3)7-5-6-8-15-14/h12-13,15H,4-11H2,1-3H3. The molecule has 2 fully saturated rings. The van der Waals surface area contributed by atoms with Gasteiger partial charge in [0.1, 0.15) is 0 Å². The Labute approximate surface area is 106 Å². The average molecular weight is 240 g/mol. The Bertz CT molecular complexity index is 238. The first-order valence-electron chi connectivity index (χ1n) is 7.23. The van der Waals surface area contributed by atoms with E-state index in [1.165, 1.54) is 38.8 Å². The summed E-state index contributed by atoms with van der Waals surface area (Å²) in [6.07, 6.45) is 5.62. The van der Waals surface area contributed by atoms with Crippen LogP contribution in [0.1, 0.15) is 46.5 Å². The fourth-order valence-corrected chi connectivity index (χ4v) is 3.18. The second-order valence-electron chi connectivity index (χ2n) is 6.08. The van der Waals surface area contributed by atoms with Crippen LogP contribution < -0.4 is 5.32 Å². The summed E-state index contributed by atoms with van der Waals surface area (Å²) in [5, 5.41) is 3.72. The van der Waals surface area contributed by atoms with Crippen LogP contribution in [-0.4, -0.2) is 48.8 Å². The van der Waals surface area contributed by atoms with Gasteiger partial charge < -0.3 is 10.1 Å². The van der Waals surface area contributed by atoms with Crippen molar-refractivity contribution >= 4 is 0 Å². The van der Waals surface area contributed by atoms with E-state index in [4.69, 9.17) is 4.74 Å². The summed E-state index contributed by atoms with van der Waals surface area (Å²) in [5.74, 6) is 0. The summed E-state index contributed by atoms with van der Waals surface area (Å²) in [4.78, 5) is 2.65. The maximum absolute atomic E-state index is 5.77. The Hall–Kier alpha value is -0.120. The molecule has 100 valence electrons. The van der Waals surface area contributed by atoms with E-state index in [9.17, 15) is 0 Å². The molecular formula is C14H28N2O. The van der Waals surface area contributed by atoms with Gasteiger partial charge in [0, 0.05) is 24.7 Å². The first-order valence-corrected chi connectivity index (χ1v) is 7.23. The molecular weight excluding hydrogens is 212 g/mol. The molecule has 17 heavy (non-hydrogen) atoms. The lowest BCUT2D eigenvalue weighted by molar-refractivity contribution is -0.0649. The molecule has 2 heterocycles. The smallest absolute Gasteiger partial charge is 0.0674 e. The van der Waals surface area contributed by atoms with E-state index in [1.807, 2.05) is 0 Å². The minimum Gasteiger partial charge on any atom is -0.376 e. The van der Waals surface area contributed by atoms with Crippen LogP contribution in [0.15, 0.2) is 0 Å². The van der Waals surface area contributed by atoms with Crippen LogP contribution in [0, 0.1) is 0 Å². The van der Waals surface area contributed by atoms with Gasteiger partial charge in [0.25, 0.3) is 0 Å². The van der Waals surface area contributed by atoms with Gasteiger partial charge in [-0.05, 0) is 39.7 Å². The molecule has 1 N–H and O–H groups in total. The molecule has 2 aliphatic heterocycles. The maximum atomic E-state index is 5.77. The molecule has 0 spiro atoms. The Kier molecular flexibility index (Phi) is 4.45. The number of hydrogen-bond acceptors (Lipinski definition) is 3. The Morgan fingerprint density at radius 2 is 2.24 bits per heavy atom. The van der Waals surface area contributed by atoms with Crippen LogP contribution in [0.4, 0.5) is 0 Å². The first-order chi connectivity index (χ1) is 8.13. The van der Waals surface area contributed by atoms with Crippen molar-refractivity contribution in [1.29, 1.82) is 0 Å². The summed E-state index contributed by atoms with van der Waals surface area (Å²) in [6.45, 7) is 11.2. The zero-order valence-electron chi connectivity index (χ0n) is 11.7. The fourth-order valence-electron chi connectivity index (χ4n) is 3.18. The highest BCUT2D eigenvalue weighted by Gasteiger charge is 2.33. The van der Waals surface area contributed by atoms with E-state index >= 15 is 0 Å². The van der Waals surface area contributed by atoms with Gasteiger partial charge in [-0.3, -0.25) is 4.90 Å². The lowest BCUT2D eigenvalue weighted by Gasteiger charge is -2.45. The highest BCUT2D eigenvalue weighted by molar-refractivity contribution is 4.92. The Morgan fingerprint density at radius 3 is 2.88 bits per heavy atom. The first kappa shape index (κ1) is 13.3. The number of rotatable bonds is 3. The maximum Gasteiger partial charge on any atom is 0.0674 e. The number of nitrogens with one attached hydrogen (secondary N) is 1. The molecule has 0 aromatic heterocycles. The summed E-state index contributed by atoms with van der Waals surface area (Å²) < 4.78 is 5.77. The largest absolute Gasteiger partial charge is 0.376 e. The molecule has 0 aromatic carbocycles. The Balaban J connectivity index is 1.94. The van der Waals surface area contributed by atoms with Crippen molar-refractivity contribution in [1.82, 2.24) is 10.2 Å². The number of nitrogens with zero attached hydrogens (tertiary/aromatic N) is 1. The summed E-state index contributed by atoms with van der Waals surface area (Å²) in [7, 11) is 0. The summed E-state index contributed by atoms with van der Waals surface area (Å²) >= 11 is 0. The van der Waals surface area contributed by atoms with Crippen molar-refractivity contribution in [2.45, 2.75) is 64.1 Å². The van der Waals surface area contributed by atoms with Crippen LogP contribution in [0.2, 0.25) is 0 Å². The van der Waals surface area contributed by atoms with Gasteiger partial charge in [0.15, 0.2) is 0 Å². The Morgan fingerprint density at radius 1 is 1.41 bits per heavy atom. The van der Waals surface area contributed by atoms with Gasteiger partial charge in [-0.15, -0.1) is 0 Å². The average Bonchev–Trinajstić information content (AvgIpc) is 2.29. The van der Waals surface area contributed by atoms with Gasteiger partial charge in [0.2, 0.25) is 0 Å². The monoisotopic (exact) mass is 240 g/mol. The quantitative estimate of drug-likeness (QED) is 0.817. The summed E-state index contributed by atoms with van der Waals surface area (Å²) in [5.41, 5.74) is 0.322. The molecule has 2 saturated heterocycles. The zero-order valence-corrected chi connectivity index (χ0v) is 11.7. The topological polar surface area (TPSA) is 24.5 Å². The molecule has 0 saturated carbocycles. The minimum absolute atomic E-state index is 0.322. The minimum atomic E-state index is 0.322. The fraction of sp³-hybridized carbons (Fsp3) is 1.00. The van der Waals surface area contributed by atoms with Crippen LogP contribution in [0.3, 0.4) is 0 Å². The van der Waals surface area contributed by atoms with E-state index < -0.39 is 0 Å². The number of ether oxygens (including phenoxy) is 1. The molecule has 3 nitrogen and oxygen atoms in total. The molecule has 3 heteroatoms. The van der Waals surface area contributed by atoms with Gasteiger partial charge >= 0.3 is 0 Å². The normalized spacial score (nSPS) is 40.4. The third-order valence-electron chi connectivity index (χ3n) is 4.31. The van der Waals surface area contributed by atoms with Crippen LogP contribution in [-0.2, 0) is 4.74 Å². The zero-order chi connectivity index (χ0) is 12.3. The van der Waals surface area contributed by atoms with E-state index in [1.54, 1.807) is 0 Å². The number of morpholine rings is 1. The predicted molar refractivity (Wildman–Crippen MR) is 71.3 cm³/mol. The molecule has 3 atom stereocenters. The third kappa shape index (κ3) is 3.43. The van der Waals surface area contributed by atoms with Gasteiger partial charge in [-0.2, -0.15) is 0 Å². The van der Waals surface area contributed by atoms with E-state index in [0.717, 1.165) is 13.2 Å². The molecule has 0 bridgehead atoms. The van der Waals surface area contributed by atoms with Crippen molar-refractivity contribution in [3.05, 3.63) is 0 Å². The van der Waals surface area contributed by atoms with Crippen molar-refractivity contribution in [3.8, 4) is 0 Å². The van der Waals surface area contributed by atoms with Crippen molar-refractivity contribution in [2.75, 3.05) is 26.2 Å². The van der Waals surface area contributed by atoms with Crippen molar-refractivity contribution in [3.63, 3.8) is 0 Å². The van der Waals surface area contributed by atoms with Gasteiger partial charge in [-0.25, -0.2) is 0 Å². The molecule has 0 aromatic rings. The molecule has 2 rings (SSSR count). The second kappa shape index (κ2) is 5.68. The van der Waals surface area contributed by atoms with Gasteiger partial charge in [-0.1, -0.05) is 13.3 Å². The van der Waals surface area contributed by atoms with Gasteiger partial charge in [0.05, 0.1) is 12.7 Å². The number of hydrogen-bond donors (Lipinski definition) is 1. The molecule has 0 aliphatic carbocycles. The summed E-state index contributed by atoms with van der Waals surface area (Å²) in [6, 6.07) is 0.617. The van der Waals surface area contributed by atoms with E-state index in [0.29, 0.717) is 17.7 Å². The lowest BCUT2D eigenvalue weighted by Crippen LogP contribution is -2.59. The third-order valence-corrected chi connectivity index (χ3v) is 4.31. The lowest BCUT2D eigenvalue weighted by atomic mass is 9.89. The second-order valence-corrected chi connectivity index (χ2v) is 6.08. The van der Waals surface area contributed by atoms with E-state index in [-0.39, 0.29) is 0 Å². The van der Waals surface area contributed by atoms with Crippen LogP contribution in [0.25, 0.3) is 0 Å². The van der Waals surface area contributed by atoms with Crippen LogP contribution >= 0.6 is 0 Å². The highest BCUT2D eigenvalue weighted by Crippen LogP contribution is 2.23. The van der Waals surface area contributed by atoms with Crippen LogP contribution in [0.5, 0.6) is 0 Å². The highest BCUT2D eigenvalue weighted by atomic mass is 16.5. The molecule has 3 unspecified atom stereocenters. The van der Waals surface area contributed by atoms with Crippen molar-refractivity contribution in [2.24, 2.45) is 0 Å². The molecule has 2 aliphatic rings.